The Hall–Kier alpha value is -1.82. The summed E-state index contributed by atoms with van der Waals surface area (Å²) in [7, 11) is 0. The molecule has 0 saturated carbocycles. The molecule has 1 N–H and O–H groups in total. The minimum Gasteiger partial charge on any atom is -0.354 e. The summed E-state index contributed by atoms with van der Waals surface area (Å²) in [6.07, 6.45) is 1.72. The van der Waals surface area contributed by atoms with Gasteiger partial charge in [-0.25, -0.2) is 0 Å². The van der Waals surface area contributed by atoms with E-state index >= 15 is 0 Å². The lowest BCUT2D eigenvalue weighted by molar-refractivity contribution is -0.122. The van der Waals surface area contributed by atoms with Gasteiger partial charge in [-0.1, -0.05) is 32.0 Å². The second-order valence-electron chi connectivity index (χ2n) is 5.73. The molecule has 1 atom stereocenters. The predicted octanol–water partition coefficient (Wildman–Crippen LogP) is 2.41. The van der Waals surface area contributed by atoms with Crippen molar-refractivity contribution in [3.63, 3.8) is 0 Å². The monoisotopic (exact) mass is 316 g/mol. The van der Waals surface area contributed by atoms with Crippen LogP contribution in [0.3, 0.4) is 0 Å². The standard InChI is InChI=1S/C16H20N4OS/c1-11(2)15-19-18-10-20(15)8-7-17-16(21)13-9-22-14-6-4-3-5-12(13)14/h3-6,10-11,13H,7-9H2,1-2H3,(H,17,21). The van der Waals surface area contributed by atoms with Crippen LogP contribution in [0.15, 0.2) is 35.5 Å². The van der Waals surface area contributed by atoms with Crippen molar-refractivity contribution in [2.24, 2.45) is 0 Å². The Morgan fingerprint density at radius 2 is 2.27 bits per heavy atom. The van der Waals surface area contributed by atoms with Crippen molar-refractivity contribution in [1.29, 1.82) is 0 Å². The van der Waals surface area contributed by atoms with Gasteiger partial charge in [0, 0.05) is 29.7 Å². The molecule has 6 heteroatoms. The maximum atomic E-state index is 12.4. The van der Waals surface area contributed by atoms with E-state index in [2.05, 4.69) is 41.5 Å². The molecule has 0 aliphatic carbocycles. The molecule has 1 aliphatic heterocycles. The Labute approximate surface area is 134 Å². The van der Waals surface area contributed by atoms with Gasteiger partial charge in [0.15, 0.2) is 0 Å². The highest BCUT2D eigenvalue weighted by atomic mass is 32.2. The molecule has 5 nitrogen and oxygen atoms in total. The number of benzene rings is 1. The van der Waals surface area contributed by atoms with Gasteiger partial charge in [-0.3, -0.25) is 4.79 Å². The first-order valence-corrected chi connectivity index (χ1v) is 8.52. The van der Waals surface area contributed by atoms with Crippen LogP contribution in [-0.2, 0) is 11.3 Å². The summed E-state index contributed by atoms with van der Waals surface area (Å²) in [5.41, 5.74) is 1.15. The zero-order valence-corrected chi connectivity index (χ0v) is 13.6. The Balaban J connectivity index is 1.56. The van der Waals surface area contributed by atoms with Gasteiger partial charge in [0.25, 0.3) is 0 Å². The number of carbonyl (C=O) groups is 1. The Morgan fingerprint density at radius 3 is 3.09 bits per heavy atom. The Morgan fingerprint density at radius 1 is 1.45 bits per heavy atom. The third kappa shape index (κ3) is 3.02. The van der Waals surface area contributed by atoms with Crippen molar-refractivity contribution in [1.82, 2.24) is 20.1 Å². The van der Waals surface area contributed by atoms with Gasteiger partial charge in [-0.05, 0) is 11.6 Å². The molecule has 0 saturated heterocycles. The number of amides is 1. The quantitative estimate of drug-likeness (QED) is 0.920. The van der Waals surface area contributed by atoms with E-state index in [9.17, 15) is 4.79 Å². The maximum Gasteiger partial charge on any atom is 0.228 e. The number of thioether (sulfide) groups is 1. The summed E-state index contributed by atoms with van der Waals surface area (Å²) < 4.78 is 2.00. The molecule has 3 rings (SSSR count). The molecule has 2 heterocycles. The van der Waals surface area contributed by atoms with Gasteiger partial charge in [-0.2, -0.15) is 0 Å². The number of fused-ring (bicyclic) bond motifs is 1. The fourth-order valence-electron chi connectivity index (χ4n) is 2.69. The number of nitrogens with zero attached hydrogens (tertiary/aromatic N) is 3. The summed E-state index contributed by atoms with van der Waals surface area (Å²) in [6.45, 7) is 5.48. The molecular weight excluding hydrogens is 296 g/mol. The van der Waals surface area contributed by atoms with E-state index in [1.807, 2.05) is 16.7 Å². The minimum absolute atomic E-state index is 0.0355. The minimum atomic E-state index is -0.0355. The third-order valence-corrected chi connectivity index (χ3v) is 5.01. The van der Waals surface area contributed by atoms with Crippen molar-refractivity contribution in [2.45, 2.75) is 37.1 Å². The molecule has 1 aromatic carbocycles. The number of carbonyl (C=O) groups excluding carboxylic acids is 1. The SMILES string of the molecule is CC(C)c1nncn1CCNC(=O)C1CSc2ccccc21. The first kappa shape index (κ1) is 15.1. The van der Waals surface area contributed by atoms with Crippen LogP contribution in [0.4, 0.5) is 0 Å². The summed E-state index contributed by atoms with van der Waals surface area (Å²) in [4.78, 5) is 13.6. The third-order valence-electron chi connectivity index (χ3n) is 3.83. The number of hydrogen-bond donors (Lipinski definition) is 1. The number of nitrogens with one attached hydrogen (secondary N) is 1. The lowest BCUT2D eigenvalue weighted by atomic mass is 10.0. The van der Waals surface area contributed by atoms with Crippen LogP contribution in [-0.4, -0.2) is 33.0 Å². The van der Waals surface area contributed by atoms with Crippen LogP contribution in [0.1, 0.15) is 37.1 Å². The highest BCUT2D eigenvalue weighted by molar-refractivity contribution is 7.99. The van der Waals surface area contributed by atoms with Gasteiger partial charge < -0.3 is 9.88 Å². The smallest absolute Gasteiger partial charge is 0.228 e. The average molecular weight is 316 g/mol. The second kappa shape index (κ2) is 6.52. The maximum absolute atomic E-state index is 12.4. The molecule has 116 valence electrons. The van der Waals surface area contributed by atoms with E-state index in [-0.39, 0.29) is 11.8 Å². The number of aromatic nitrogens is 3. The lowest BCUT2D eigenvalue weighted by Crippen LogP contribution is -2.32. The molecule has 0 spiro atoms. The molecule has 1 aromatic heterocycles. The molecule has 22 heavy (non-hydrogen) atoms. The topological polar surface area (TPSA) is 59.8 Å². The molecule has 0 bridgehead atoms. The summed E-state index contributed by atoms with van der Waals surface area (Å²) in [6, 6.07) is 8.15. The Kier molecular flexibility index (Phi) is 4.47. The van der Waals surface area contributed by atoms with Crippen LogP contribution < -0.4 is 5.32 Å². The van der Waals surface area contributed by atoms with Crippen molar-refractivity contribution >= 4 is 17.7 Å². The van der Waals surface area contributed by atoms with Crippen molar-refractivity contribution in [2.75, 3.05) is 12.3 Å². The highest BCUT2D eigenvalue weighted by Gasteiger charge is 2.28. The van der Waals surface area contributed by atoms with E-state index in [1.165, 1.54) is 4.90 Å². The fraction of sp³-hybridized carbons (Fsp3) is 0.438. The molecular formula is C16H20N4OS. The van der Waals surface area contributed by atoms with E-state index < -0.39 is 0 Å². The zero-order chi connectivity index (χ0) is 15.5. The first-order valence-electron chi connectivity index (χ1n) is 7.54. The number of rotatable bonds is 5. The molecule has 0 radical (unpaired) electrons. The largest absolute Gasteiger partial charge is 0.354 e. The predicted molar refractivity (Wildman–Crippen MR) is 87.0 cm³/mol. The summed E-state index contributed by atoms with van der Waals surface area (Å²) in [5, 5.41) is 11.1. The Bertz CT molecular complexity index is 668. The molecule has 1 unspecified atom stereocenters. The average Bonchev–Trinajstić information content (AvgIpc) is 3.13. The second-order valence-corrected chi connectivity index (χ2v) is 6.79. The summed E-state index contributed by atoms with van der Waals surface area (Å²) in [5.74, 6) is 2.19. The van der Waals surface area contributed by atoms with Gasteiger partial charge in [0.1, 0.15) is 12.2 Å². The zero-order valence-electron chi connectivity index (χ0n) is 12.8. The molecule has 2 aromatic rings. The van der Waals surface area contributed by atoms with Crippen molar-refractivity contribution in [3.8, 4) is 0 Å². The summed E-state index contributed by atoms with van der Waals surface area (Å²) >= 11 is 1.76. The highest BCUT2D eigenvalue weighted by Crippen LogP contribution is 2.39. The van der Waals surface area contributed by atoms with E-state index in [4.69, 9.17) is 0 Å². The van der Waals surface area contributed by atoms with Crippen LogP contribution >= 0.6 is 11.8 Å². The fourth-order valence-corrected chi connectivity index (χ4v) is 3.91. The molecule has 1 amide bonds. The van der Waals surface area contributed by atoms with Gasteiger partial charge in [-0.15, -0.1) is 22.0 Å². The molecule has 1 aliphatic rings. The van der Waals surface area contributed by atoms with E-state index in [1.54, 1.807) is 18.1 Å². The van der Waals surface area contributed by atoms with Gasteiger partial charge >= 0.3 is 0 Å². The lowest BCUT2D eigenvalue weighted by Gasteiger charge is -2.13. The van der Waals surface area contributed by atoms with E-state index in [0.717, 1.165) is 17.1 Å². The first-order chi connectivity index (χ1) is 10.7. The van der Waals surface area contributed by atoms with Crippen LogP contribution in [0.2, 0.25) is 0 Å². The van der Waals surface area contributed by atoms with Crippen molar-refractivity contribution < 1.29 is 4.79 Å². The normalized spacial score (nSPS) is 16.8. The van der Waals surface area contributed by atoms with Crippen molar-refractivity contribution in [3.05, 3.63) is 42.0 Å². The number of hydrogen-bond acceptors (Lipinski definition) is 4. The van der Waals surface area contributed by atoms with Crippen LogP contribution in [0.5, 0.6) is 0 Å². The van der Waals surface area contributed by atoms with Gasteiger partial charge in [0.2, 0.25) is 5.91 Å². The van der Waals surface area contributed by atoms with Gasteiger partial charge in [0.05, 0.1) is 5.92 Å². The van der Waals surface area contributed by atoms with E-state index in [0.29, 0.717) is 19.0 Å². The van der Waals surface area contributed by atoms with Crippen LogP contribution in [0.25, 0.3) is 0 Å². The molecule has 0 fully saturated rings. The van der Waals surface area contributed by atoms with Crippen LogP contribution in [0, 0.1) is 0 Å².